The zero-order valence-corrected chi connectivity index (χ0v) is 27.7. The van der Waals surface area contributed by atoms with Crippen molar-refractivity contribution in [3.63, 3.8) is 0 Å². The number of piperidine rings is 1. The summed E-state index contributed by atoms with van der Waals surface area (Å²) in [4.78, 5) is 17.5. The second-order valence-electron chi connectivity index (χ2n) is 12.1. The Hall–Kier alpha value is -4.06. The monoisotopic (exact) mass is 629 g/mol. The second-order valence-corrected chi connectivity index (χ2v) is 12.1. The third-order valence-electron chi connectivity index (χ3n) is 8.23. The summed E-state index contributed by atoms with van der Waals surface area (Å²) in [6.45, 7) is 16.3. The Morgan fingerprint density at radius 1 is 1.13 bits per heavy atom. The Morgan fingerprint density at radius 3 is 2.43 bits per heavy atom. The lowest BCUT2D eigenvalue weighted by molar-refractivity contribution is -0.0553. The molecule has 7 nitrogen and oxygen atoms in total. The van der Waals surface area contributed by atoms with E-state index >= 15 is 0 Å². The molecule has 2 aromatic carbocycles. The Bertz CT molecular complexity index is 1470. The lowest BCUT2D eigenvalue weighted by Crippen LogP contribution is -2.34. The van der Waals surface area contributed by atoms with Gasteiger partial charge in [-0.15, -0.1) is 0 Å². The first-order valence-corrected chi connectivity index (χ1v) is 16.2. The Labute approximate surface area is 273 Å². The molecular weight excluding hydrogens is 581 g/mol. The minimum Gasteiger partial charge on any atom is -0.478 e. The fourth-order valence-electron chi connectivity index (χ4n) is 5.21. The van der Waals surface area contributed by atoms with Crippen LogP contribution in [0, 0.1) is 31.0 Å². The number of nitrogens with zero attached hydrogens (tertiary/aromatic N) is 3. The zero-order valence-electron chi connectivity index (χ0n) is 27.7. The van der Waals surface area contributed by atoms with E-state index in [1.54, 1.807) is 30.3 Å². The molecule has 0 radical (unpaired) electrons. The minimum atomic E-state index is -0.867. The molecule has 0 bridgehead atoms. The molecule has 1 atom stereocenters. The minimum absolute atomic E-state index is 0.0883. The molecule has 3 aromatic rings. The van der Waals surface area contributed by atoms with Gasteiger partial charge in [-0.25, -0.2) is 14.2 Å². The maximum Gasteiger partial charge on any atom is 0.335 e. The molecule has 0 aliphatic carbocycles. The number of nitriles is 1. The Balaban J connectivity index is 0.000000246. The number of benzene rings is 2. The summed E-state index contributed by atoms with van der Waals surface area (Å²) >= 11 is 0. The van der Waals surface area contributed by atoms with Crippen molar-refractivity contribution in [2.24, 2.45) is 0 Å². The Kier molecular flexibility index (Phi) is 14.9. The summed E-state index contributed by atoms with van der Waals surface area (Å²) < 4.78 is 24.9. The lowest BCUT2D eigenvalue weighted by Gasteiger charge is -2.31. The number of aromatic carboxylic acids is 1. The third kappa shape index (κ3) is 12.0. The average Bonchev–Trinajstić information content (AvgIpc) is 3.02. The number of carboxylic acid groups (broad SMARTS) is 1. The van der Waals surface area contributed by atoms with Crippen LogP contribution in [-0.2, 0) is 11.3 Å². The second kappa shape index (κ2) is 18.8. The SMILES string of the molecule is C=C(C)CN1CCC(c2cccc(OCc3ccc(C#N)cc3F)n2)CC1.CCCCC1CCO1.Cc1ccc(C(=O)O)cc1C. The van der Waals surface area contributed by atoms with Gasteiger partial charge < -0.3 is 14.6 Å². The van der Waals surface area contributed by atoms with Gasteiger partial charge >= 0.3 is 5.97 Å². The van der Waals surface area contributed by atoms with E-state index in [9.17, 15) is 9.18 Å². The van der Waals surface area contributed by atoms with Crippen LogP contribution in [0.3, 0.4) is 0 Å². The number of aromatic nitrogens is 1. The highest BCUT2D eigenvalue weighted by Crippen LogP contribution is 2.28. The van der Waals surface area contributed by atoms with Gasteiger partial charge in [-0.1, -0.05) is 50.1 Å². The van der Waals surface area contributed by atoms with Crippen LogP contribution in [-0.4, -0.2) is 53.3 Å². The molecule has 1 N–H and O–H groups in total. The predicted molar refractivity (Wildman–Crippen MR) is 180 cm³/mol. The molecule has 46 heavy (non-hydrogen) atoms. The van der Waals surface area contributed by atoms with Gasteiger partial charge in [0.1, 0.15) is 12.4 Å². The van der Waals surface area contributed by atoms with Gasteiger partial charge in [0.25, 0.3) is 0 Å². The van der Waals surface area contributed by atoms with Crippen molar-refractivity contribution < 1.29 is 23.8 Å². The van der Waals surface area contributed by atoms with E-state index in [2.05, 4.69) is 30.3 Å². The number of hydrogen-bond donors (Lipinski definition) is 1. The van der Waals surface area contributed by atoms with E-state index < -0.39 is 11.8 Å². The van der Waals surface area contributed by atoms with E-state index in [0.29, 0.717) is 34.6 Å². The quantitative estimate of drug-likeness (QED) is 0.225. The lowest BCUT2D eigenvalue weighted by atomic mass is 9.93. The Morgan fingerprint density at radius 2 is 1.87 bits per heavy atom. The van der Waals surface area contributed by atoms with Gasteiger partial charge in [-0.2, -0.15) is 5.26 Å². The molecule has 8 heteroatoms. The molecule has 0 saturated carbocycles. The molecule has 5 rings (SSSR count). The number of carboxylic acids is 1. The summed E-state index contributed by atoms with van der Waals surface area (Å²) in [5.41, 5.74) is 5.43. The van der Waals surface area contributed by atoms with Crippen molar-refractivity contribution >= 4 is 5.97 Å². The number of ether oxygens (including phenoxy) is 2. The van der Waals surface area contributed by atoms with Gasteiger partial charge in [-0.05, 0) is 101 Å². The first-order valence-electron chi connectivity index (χ1n) is 16.2. The first kappa shape index (κ1) is 36.4. The van der Waals surface area contributed by atoms with Gasteiger partial charge in [0, 0.05) is 36.4 Å². The number of carbonyl (C=O) groups is 1. The van der Waals surface area contributed by atoms with Gasteiger partial charge in [0.15, 0.2) is 0 Å². The zero-order chi connectivity index (χ0) is 33.5. The highest BCUT2D eigenvalue weighted by molar-refractivity contribution is 5.87. The smallest absolute Gasteiger partial charge is 0.335 e. The molecular formula is C38H48FN3O4. The number of likely N-dealkylation sites (tertiary alicyclic amines) is 1. The number of rotatable bonds is 10. The summed E-state index contributed by atoms with van der Waals surface area (Å²) in [6.07, 6.45) is 8.00. The van der Waals surface area contributed by atoms with Crippen LogP contribution in [0.1, 0.15) is 96.6 Å². The fraction of sp³-hybridized carbons (Fsp3) is 0.447. The normalized spacial score (nSPS) is 16.0. The average molecular weight is 630 g/mol. The van der Waals surface area contributed by atoms with E-state index in [-0.39, 0.29) is 6.61 Å². The molecule has 3 heterocycles. The largest absolute Gasteiger partial charge is 0.478 e. The highest BCUT2D eigenvalue weighted by Gasteiger charge is 2.22. The molecule has 0 amide bonds. The topological polar surface area (TPSA) is 95.7 Å². The van der Waals surface area contributed by atoms with E-state index in [1.165, 1.54) is 37.3 Å². The van der Waals surface area contributed by atoms with Crippen molar-refractivity contribution in [2.75, 3.05) is 26.2 Å². The van der Waals surface area contributed by atoms with Crippen molar-refractivity contribution in [3.05, 3.63) is 106 Å². The van der Waals surface area contributed by atoms with Crippen LogP contribution < -0.4 is 4.74 Å². The number of hydrogen-bond acceptors (Lipinski definition) is 6. The maximum atomic E-state index is 14.0. The van der Waals surface area contributed by atoms with Crippen LogP contribution >= 0.6 is 0 Å². The van der Waals surface area contributed by atoms with Crippen LogP contribution in [0.25, 0.3) is 0 Å². The van der Waals surface area contributed by atoms with Crippen LogP contribution in [0.5, 0.6) is 5.88 Å². The summed E-state index contributed by atoms with van der Waals surface area (Å²) in [6, 6.07) is 17.2. The number of pyridine rings is 1. The fourth-order valence-corrected chi connectivity index (χ4v) is 5.21. The van der Waals surface area contributed by atoms with E-state index in [0.717, 1.165) is 55.9 Å². The van der Waals surface area contributed by atoms with Crippen LogP contribution in [0.15, 0.2) is 66.7 Å². The highest BCUT2D eigenvalue weighted by atomic mass is 19.1. The molecule has 1 aromatic heterocycles. The number of unbranched alkanes of at least 4 members (excludes halogenated alkanes) is 1. The van der Waals surface area contributed by atoms with Crippen molar-refractivity contribution in [1.82, 2.24) is 9.88 Å². The van der Waals surface area contributed by atoms with Gasteiger partial charge in [-0.3, -0.25) is 4.90 Å². The number of halogens is 1. The summed E-state index contributed by atoms with van der Waals surface area (Å²) in [5.74, 6) is -0.384. The van der Waals surface area contributed by atoms with Gasteiger partial charge in [0.05, 0.1) is 23.3 Å². The van der Waals surface area contributed by atoms with Crippen molar-refractivity contribution in [2.45, 2.75) is 84.8 Å². The van der Waals surface area contributed by atoms with Crippen molar-refractivity contribution in [3.8, 4) is 11.9 Å². The summed E-state index contributed by atoms with van der Waals surface area (Å²) in [7, 11) is 0. The molecule has 246 valence electrons. The first-order chi connectivity index (χ1) is 22.1. The number of aryl methyl sites for hydroxylation is 2. The van der Waals surface area contributed by atoms with Crippen LogP contribution in [0.4, 0.5) is 4.39 Å². The predicted octanol–water partition coefficient (Wildman–Crippen LogP) is 8.39. The van der Waals surface area contributed by atoms with Crippen LogP contribution in [0.2, 0.25) is 0 Å². The third-order valence-corrected chi connectivity index (χ3v) is 8.23. The molecule has 1 unspecified atom stereocenters. The molecule has 2 aliphatic heterocycles. The summed E-state index contributed by atoms with van der Waals surface area (Å²) in [5, 5.41) is 17.4. The molecule has 2 saturated heterocycles. The van der Waals surface area contributed by atoms with Gasteiger partial charge in [0.2, 0.25) is 5.88 Å². The molecule has 2 fully saturated rings. The molecule has 0 spiro atoms. The van der Waals surface area contributed by atoms with E-state index in [4.69, 9.17) is 19.8 Å². The maximum absolute atomic E-state index is 14.0. The standard InChI is InChI=1S/C22H24FN3O.C9H10O2.C7H14O/c1-16(2)14-26-10-8-18(9-11-26)21-4-3-5-22(25-21)27-15-19-7-6-17(13-24)12-20(19)23;1-6-3-4-8(9(10)11)5-7(6)2;1-2-3-4-7-5-6-8-7/h3-7,12,18H,1,8-11,14-15H2,2H3;3-5H,1-2H3,(H,10,11);7H,2-6H2,1H3. The molecule has 2 aliphatic rings. The van der Waals surface area contributed by atoms with Crippen molar-refractivity contribution in [1.29, 1.82) is 5.26 Å². The van der Waals surface area contributed by atoms with E-state index in [1.807, 2.05) is 38.1 Å².